The predicted molar refractivity (Wildman–Crippen MR) is 122 cm³/mol. The van der Waals surface area contributed by atoms with Crippen molar-refractivity contribution in [2.75, 3.05) is 5.32 Å². The first kappa shape index (κ1) is 20.3. The van der Waals surface area contributed by atoms with E-state index in [2.05, 4.69) is 10.6 Å². The van der Waals surface area contributed by atoms with Crippen LogP contribution in [0.3, 0.4) is 0 Å². The second-order valence-electron chi connectivity index (χ2n) is 7.48. The van der Waals surface area contributed by atoms with E-state index in [9.17, 15) is 9.59 Å². The van der Waals surface area contributed by atoms with Crippen LogP contribution in [0.4, 0.5) is 5.82 Å². The average Bonchev–Trinajstić information content (AvgIpc) is 3.14. The lowest BCUT2D eigenvalue weighted by Gasteiger charge is -2.18. The Bertz CT molecular complexity index is 1220. The number of hydrogen-bond acceptors (Lipinski definition) is 3. The smallest absolute Gasteiger partial charge is 0.227 e. The Balaban J connectivity index is 1.68. The van der Waals surface area contributed by atoms with Gasteiger partial charge in [0.05, 0.1) is 12.5 Å². The van der Waals surface area contributed by atoms with Crippen LogP contribution < -0.4 is 10.6 Å². The summed E-state index contributed by atoms with van der Waals surface area (Å²) in [7, 11) is 0. The third-order valence-electron chi connectivity index (χ3n) is 5.12. The van der Waals surface area contributed by atoms with Crippen molar-refractivity contribution in [3.8, 4) is 11.3 Å². The molecule has 2 heterocycles. The zero-order valence-electron chi connectivity index (χ0n) is 17.5. The molecule has 6 nitrogen and oxygen atoms in total. The van der Waals surface area contributed by atoms with Gasteiger partial charge in [0.2, 0.25) is 11.8 Å². The molecular weight excluding hydrogens is 388 g/mol. The summed E-state index contributed by atoms with van der Waals surface area (Å²) in [6.07, 6.45) is 2.00. The fraction of sp³-hybridized carbons (Fsp3) is 0.160. The molecule has 2 aromatic carbocycles. The zero-order valence-corrected chi connectivity index (χ0v) is 17.5. The summed E-state index contributed by atoms with van der Waals surface area (Å²) in [6.45, 7) is 3.44. The molecule has 2 N–H and O–H groups in total. The number of imidazole rings is 1. The Morgan fingerprint density at radius 2 is 1.65 bits per heavy atom. The van der Waals surface area contributed by atoms with Gasteiger partial charge in [0.15, 0.2) is 0 Å². The fourth-order valence-electron chi connectivity index (χ4n) is 3.67. The van der Waals surface area contributed by atoms with Crippen molar-refractivity contribution in [3.05, 3.63) is 90.1 Å². The monoisotopic (exact) mass is 412 g/mol. The number of anilines is 1. The van der Waals surface area contributed by atoms with E-state index >= 15 is 0 Å². The molecular formula is C25H24N4O2. The van der Waals surface area contributed by atoms with E-state index in [1.165, 1.54) is 6.92 Å². The molecule has 0 bridgehead atoms. The third-order valence-corrected chi connectivity index (χ3v) is 5.12. The van der Waals surface area contributed by atoms with Gasteiger partial charge in [-0.2, -0.15) is 0 Å². The van der Waals surface area contributed by atoms with E-state index < -0.39 is 6.04 Å². The Morgan fingerprint density at radius 3 is 2.32 bits per heavy atom. The summed E-state index contributed by atoms with van der Waals surface area (Å²) in [5.41, 5.74) is 4.31. The standard InChI is InChI=1S/C25H24N4O2/c1-17-10-9-15-29-24(17)28-23(20-13-7-4-8-14-20)25(29)27-22(31)16-21(26-18(2)30)19-11-5-3-6-12-19/h3-15,21H,16H2,1-2H3,(H,26,30)(H,27,31). The molecule has 0 aliphatic heterocycles. The van der Waals surface area contributed by atoms with Crippen LogP contribution in [0.25, 0.3) is 16.9 Å². The van der Waals surface area contributed by atoms with Crippen molar-refractivity contribution in [3.63, 3.8) is 0 Å². The van der Waals surface area contributed by atoms with Crippen LogP contribution in [-0.4, -0.2) is 21.2 Å². The van der Waals surface area contributed by atoms with E-state index in [1.54, 1.807) is 0 Å². The van der Waals surface area contributed by atoms with E-state index in [-0.39, 0.29) is 18.2 Å². The lowest BCUT2D eigenvalue weighted by Crippen LogP contribution is -2.30. The molecule has 0 fully saturated rings. The highest BCUT2D eigenvalue weighted by atomic mass is 16.2. The molecule has 0 aliphatic rings. The Morgan fingerprint density at radius 1 is 0.968 bits per heavy atom. The Hall–Kier alpha value is -3.93. The molecule has 0 saturated heterocycles. The van der Waals surface area contributed by atoms with Crippen molar-refractivity contribution in [1.82, 2.24) is 14.7 Å². The summed E-state index contributed by atoms with van der Waals surface area (Å²) in [4.78, 5) is 29.6. The molecule has 2 amide bonds. The number of fused-ring (bicyclic) bond motifs is 1. The van der Waals surface area contributed by atoms with Gasteiger partial charge in [-0.15, -0.1) is 0 Å². The zero-order chi connectivity index (χ0) is 21.8. The number of hydrogen-bond donors (Lipinski definition) is 2. The van der Waals surface area contributed by atoms with Gasteiger partial charge in [0.1, 0.15) is 17.2 Å². The molecule has 0 spiro atoms. The number of aromatic nitrogens is 2. The molecule has 0 saturated carbocycles. The molecule has 4 rings (SSSR count). The van der Waals surface area contributed by atoms with Crippen molar-refractivity contribution in [2.45, 2.75) is 26.3 Å². The third kappa shape index (κ3) is 4.48. The molecule has 0 aliphatic carbocycles. The number of aryl methyl sites for hydroxylation is 1. The number of pyridine rings is 1. The molecule has 1 atom stereocenters. The molecule has 4 aromatic rings. The van der Waals surface area contributed by atoms with E-state index in [0.29, 0.717) is 11.5 Å². The number of amides is 2. The predicted octanol–water partition coefficient (Wildman–Crippen LogP) is 4.52. The van der Waals surface area contributed by atoms with Gasteiger partial charge in [-0.25, -0.2) is 4.98 Å². The number of benzene rings is 2. The highest BCUT2D eigenvalue weighted by Gasteiger charge is 2.21. The maximum absolute atomic E-state index is 13.1. The second kappa shape index (κ2) is 8.83. The van der Waals surface area contributed by atoms with Gasteiger partial charge in [-0.1, -0.05) is 66.7 Å². The van der Waals surface area contributed by atoms with Gasteiger partial charge in [-0.05, 0) is 24.1 Å². The van der Waals surface area contributed by atoms with Crippen molar-refractivity contribution in [1.29, 1.82) is 0 Å². The number of rotatable bonds is 6. The highest BCUT2D eigenvalue weighted by Crippen LogP contribution is 2.30. The van der Waals surface area contributed by atoms with Crippen LogP contribution in [0, 0.1) is 6.92 Å². The minimum Gasteiger partial charge on any atom is -0.349 e. The van der Waals surface area contributed by atoms with Crippen molar-refractivity contribution in [2.24, 2.45) is 0 Å². The molecule has 31 heavy (non-hydrogen) atoms. The van der Waals surface area contributed by atoms with Crippen molar-refractivity contribution >= 4 is 23.3 Å². The number of nitrogens with one attached hydrogen (secondary N) is 2. The topological polar surface area (TPSA) is 75.5 Å². The molecule has 6 heteroatoms. The van der Waals surface area contributed by atoms with E-state index in [0.717, 1.165) is 22.3 Å². The Kier molecular flexibility index (Phi) is 5.80. The van der Waals surface area contributed by atoms with Crippen LogP contribution >= 0.6 is 0 Å². The van der Waals surface area contributed by atoms with Gasteiger partial charge in [0, 0.05) is 18.7 Å². The number of carbonyl (C=O) groups excluding carboxylic acids is 2. The van der Waals surface area contributed by atoms with Gasteiger partial charge in [0.25, 0.3) is 0 Å². The lowest BCUT2D eigenvalue weighted by atomic mass is 10.0. The molecule has 156 valence electrons. The van der Waals surface area contributed by atoms with Gasteiger partial charge >= 0.3 is 0 Å². The highest BCUT2D eigenvalue weighted by molar-refractivity contribution is 5.95. The Labute approximate surface area is 180 Å². The number of nitrogens with zero attached hydrogens (tertiary/aromatic N) is 2. The van der Waals surface area contributed by atoms with Crippen LogP contribution in [0.5, 0.6) is 0 Å². The van der Waals surface area contributed by atoms with Crippen LogP contribution in [0.1, 0.15) is 30.5 Å². The summed E-state index contributed by atoms with van der Waals surface area (Å²) in [6, 6.07) is 22.8. The quantitative estimate of drug-likeness (QED) is 0.489. The average molecular weight is 412 g/mol. The lowest BCUT2D eigenvalue weighted by molar-refractivity contribution is -0.120. The van der Waals surface area contributed by atoms with E-state index in [4.69, 9.17) is 4.98 Å². The van der Waals surface area contributed by atoms with E-state index in [1.807, 2.05) is 90.3 Å². The summed E-state index contributed by atoms with van der Waals surface area (Å²) in [5, 5.41) is 5.92. The first-order chi connectivity index (χ1) is 15.0. The number of carbonyl (C=O) groups is 2. The van der Waals surface area contributed by atoms with Crippen LogP contribution in [0.2, 0.25) is 0 Å². The maximum Gasteiger partial charge on any atom is 0.227 e. The van der Waals surface area contributed by atoms with Crippen LogP contribution in [0.15, 0.2) is 79.0 Å². The molecule has 0 radical (unpaired) electrons. The van der Waals surface area contributed by atoms with Gasteiger partial charge < -0.3 is 10.6 Å². The first-order valence-corrected chi connectivity index (χ1v) is 10.2. The normalized spacial score (nSPS) is 11.8. The SMILES string of the molecule is CC(=O)NC(CC(=O)Nc1c(-c2ccccc2)nc2c(C)cccn12)c1ccccc1. The first-order valence-electron chi connectivity index (χ1n) is 10.2. The molecule has 2 aromatic heterocycles. The van der Waals surface area contributed by atoms with Crippen LogP contribution in [-0.2, 0) is 9.59 Å². The van der Waals surface area contributed by atoms with Crippen molar-refractivity contribution < 1.29 is 9.59 Å². The van der Waals surface area contributed by atoms with Gasteiger partial charge in [-0.3, -0.25) is 14.0 Å². The maximum atomic E-state index is 13.1. The minimum absolute atomic E-state index is 0.108. The summed E-state index contributed by atoms with van der Waals surface area (Å²) in [5.74, 6) is 0.227. The fourth-order valence-corrected chi connectivity index (χ4v) is 3.67. The second-order valence-corrected chi connectivity index (χ2v) is 7.48. The minimum atomic E-state index is -0.417. The summed E-state index contributed by atoms with van der Waals surface area (Å²) >= 11 is 0. The summed E-state index contributed by atoms with van der Waals surface area (Å²) < 4.78 is 1.89. The molecule has 1 unspecified atom stereocenters. The largest absolute Gasteiger partial charge is 0.349 e.